The molecule has 79 heavy (non-hydrogen) atoms. The lowest BCUT2D eigenvalue weighted by Gasteiger charge is -2.18. The minimum atomic E-state index is -0.780. The van der Waals surface area contributed by atoms with Crippen molar-refractivity contribution in [2.45, 2.75) is 335 Å². The average molecular weight is 1100 g/mol. The first kappa shape index (κ1) is 75.3. The molecule has 0 spiro atoms. The van der Waals surface area contributed by atoms with E-state index in [0.29, 0.717) is 19.3 Å². The number of carbonyl (C=O) groups is 3. The third-order valence-corrected chi connectivity index (χ3v) is 14.6. The van der Waals surface area contributed by atoms with Crippen LogP contribution in [-0.2, 0) is 28.6 Å². The zero-order valence-electron chi connectivity index (χ0n) is 52.1. The molecule has 0 bridgehead atoms. The summed E-state index contributed by atoms with van der Waals surface area (Å²) in [5.41, 5.74) is 0. The van der Waals surface area contributed by atoms with Gasteiger partial charge in [0.05, 0.1) is 0 Å². The van der Waals surface area contributed by atoms with Crippen LogP contribution in [0.5, 0.6) is 0 Å². The van der Waals surface area contributed by atoms with Gasteiger partial charge in [0.15, 0.2) is 6.10 Å². The zero-order chi connectivity index (χ0) is 57.1. The molecule has 0 N–H and O–H groups in total. The number of hydrogen-bond donors (Lipinski definition) is 0. The van der Waals surface area contributed by atoms with Crippen molar-refractivity contribution in [1.29, 1.82) is 0 Å². The largest absolute Gasteiger partial charge is 0.462 e. The molecule has 0 aliphatic carbocycles. The highest BCUT2D eigenvalue weighted by atomic mass is 16.6. The van der Waals surface area contributed by atoms with E-state index in [-0.39, 0.29) is 31.1 Å². The molecule has 0 fully saturated rings. The van der Waals surface area contributed by atoms with E-state index in [9.17, 15) is 14.4 Å². The van der Waals surface area contributed by atoms with Gasteiger partial charge in [-0.3, -0.25) is 14.4 Å². The van der Waals surface area contributed by atoms with Crippen LogP contribution in [0.3, 0.4) is 0 Å². The molecule has 0 amide bonds. The molecule has 0 heterocycles. The molecule has 0 aliphatic heterocycles. The van der Waals surface area contributed by atoms with Gasteiger partial charge in [-0.25, -0.2) is 0 Å². The van der Waals surface area contributed by atoms with Crippen molar-refractivity contribution in [2.24, 2.45) is 0 Å². The summed E-state index contributed by atoms with van der Waals surface area (Å²) in [4.78, 5) is 38.0. The number of allylic oxidation sites excluding steroid dienone is 16. The molecular weight excluding hydrogens is 973 g/mol. The van der Waals surface area contributed by atoms with Crippen molar-refractivity contribution >= 4 is 17.9 Å². The molecule has 0 aromatic carbocycles. The van der Waals surface area contributed by atoms with Crippen molar-refractivity contribution in [2.75, 3.05) is 13.2 Å². The van der Waals surface area contributed by atoms with E-state index in [4.69, 9.17) is 14.2 Å². The Morgan fingerprint density at radius 3 is 0.772 bits per heavy atom. The standard InChI is InChI=1S/C73H126O6/c1-4-7-10-13-15-17-19-21-23-25-27-29-31-32-33-34-35-36-37-38-39-40-42-43-45-47-49-51-53-55-57-60-63-66-72(75)78-69-70(68-77-71(74)65-62-59-12-9-6-3)79-73(76)67-64-61-58-56-54-52-50-48-46-44-41-30-28-26-24-22-20-18-16-14-11-8-5-2/h8,11,16,18-19,21-22,24-25,27-28,30-32,44,46,70H,4-7,9-10,12-15,17,20,23,26,29,33-43,45,47-69H2,1-3H3/b11-8-,18-16-,21-19-,24-22-,27-25-,30-28-,32-31-,46-44-. The summed E-state index contributed by atoms with van der Waals surface area (Å²) >= 11 is 0. The van der Waals surface area contributed by atoms with E-state index in [2.05, 4.69) is 118 Å². The number of rotatable bonds is 61. The van der Waals surface area contributed by atoms with Gasteiger partial charge in [0.25, 0.3) is 0 Å². The molecule has 6 nitrogen and oxygen atoms in total. The summed E-state index contributed by atoms with van der Waals surface area (Å²) in [6, 6.07) is 0. The van der Waals surface area contributed by atoms with Gasteiger partial charge in [0.1, 0.15) is 13.2 Å². The van der Waals surface area contributed by atoms with Gasteiger partial charge < -0.3 is 14.2 Å². The van der Waals surface area contributed by atoms with Crippen LogP contribution in [0.4, 0.5) is 0 Å². The van der Waals surface area contributed by atoms with Crippen molar-refractivity contribution < 1.29 is 28.6 Å². The first-order chi connectivity index (χ1) is 39.0. The van der Waals surface area contributed by atoms with Crippen LogP contribution < -0.4 is 0 Å². The maximum Gasteiger partial charge on any atom is 0.306 e. The molecular formula is C73H126O6. The van der Waals surface area contributed by atoms with E-state index >= 15 is 0 Å². The summed E-state index contributed by atoms with van der Waals surface area (Å²) in [6.45, 7) is 6.45. The molecule has 0 aromatic rings. The van der Waals surface area contributed by atoms with Gasteiger partial charge in [-0.15, -0.1) is 0 Å². The summed E-state index contributed by atoms with van der Waals surface area (Å²) < 4.78 is 16.8. The number of esters is 3. The first-order valence-corrected chi connectivity index (χ1v) is 33.7. The maximum absolute atomic E-state index is 12.8. The lowest BCUT2D eigenvalue weighted by Crippen LogP contribution is -2.30. The zero-order valence-corrected chi connectivity index (χ0v) is 52.1. The maximum atomic E-state index is 12.8. The minimum Gasteiger partial charge on any atom is -0.462 e. The highest BCUT2D eigenvalue weighted by Crippen LogP contribution is 2.17. The van der Waals surface area contributed by atoms with Crippen molar-refractivity contribution in [1.82, 2.24) is 0 Å². The van der Waals surface area contributed by atoms with E-state index in [1.165, 1.54) is 173 Å². The number of carbonyl (C=O) groups excluding carboxylic acids is 3. The van der Waals surface area contributed by atoms with Gasteiger partial charge >= 0.3 is 17.9 Å². The Hall–Kier alpha value is -3.67. The van der Waals surface area contributed by atoms with Crippen LogP contribution in [0, 0.1) is 0 Å². The van der Waals surface area contributed by atoms with Gasteiger partial charge in [0.2, 0.25) is 0 Å². The van der Waals surface area contributed by atoms with E-state index in [0.717, 1.165) is 116 Å². The fraction of sp³-hybridized carbons (Fsp3) is 0.740. The van der Waals surface area contributed by atoms with Crippen LogP contribution in [0.15, 0.2) is 97.2 Å². The fourth-order valence-electron chi connectivity index (χ4n) is 9.54. The second kappa shape index (κ2) is 66.8. The quantitative estimate of drug-likeness (QED) is 0.0261. The third kappa shape index (κ3) is 65.0. The Labute approximate surface area is 489 Å². The summed E-state index contributed by atoms with van der Waals surface area (Å²) in [5, 5.41) is 0. The monoisotopic (exact) mass is 1100 g/mol. The Morgan fingerprint density at radius 1 is 0.266 bits per heavy atom. The topological polar surface area (TPSA) is 78.9 Å². The summed E-state index contributed by atoms with van der Waals surface area (Å²) in [5.74, 6) is -0.895. The molecule has 0 aromatic heterocycles. The molecule has 1 atom stereocenters. The Morgan fingerprint density at radius 2 is 0.494 bits per heavy atom. The summed E-state index contributed by atoms with van der Waals surface area (Å²) in [7, 11) is 0. The lowest BCUT2D eigenvalue weighted by atomic mass is 10.0. The SMILES string of the molecule is CC/C=C\C/C=C\C/C=C\C/C=C\C/C=C\CCCCCCCCCC(=O)OC(COC(=O)CCCCCCC)COC(=O)CCCCCCCCCCCCCCCCCCCC/C=C\C/C=C\C/C=C\CCCCCCC. The van der Waals surface area contributed by atoms with Crippen LogP contribution in [0.25, 0.3) is 0 Å². The Bertz CT molecular complexity index is 1540. The molecule has 0 saturated heterocycles. The normalized spacial score (nSPS) is 12.7. The molecule has 0 radical (unpaired) electrons. The number of ether oxygens (including phenoxy) is 3. The van der Waals surface area contributed by atoms with E-state index < -0.39 is 6.10 Å². The van der Waals surface area contributed by atoms with Gasteiger partial charge in [-0.2, -0.15) is 0 Å². The fourth-order valence-corrected chi connectivity index (χ4v) is 9.54. The number of hydrogen-bond acceptors (Lipinski definition) is 6. The minimum absolute atomic E-state index is 0.0798. The Kier molecular flexibility index (Phi) is 63.7. The number of unbranched alkanes of at least 4 members (excludes halogenated alkanes) is 34. The third-order valence-electron chi connectivity index (χ3n) is 14.6. The second-order valence-electron chi connectivity index (χ2n) is 22.4. The van der Waals surface area contributed by atoms with Gasteiger partial charge in [-0.1, -0.05) is 304 Å². The highest BCUT2D eigenvalue weighted by Gasteiger charge is 2.19. The predicted octanol–water partition coefficient (Wildman–Crippen LogP) is 23.2. The van der Waals surface area contributed by atoms with E-state index in [1.807, 2.05) is 0 Å². The first-order valence-electron chi connectivity index (χ1n) is 33.7. The molecule has 0 rings (SSSR count). The molecule has 6 heteroatoms. The lowest BCUT2D eigenvalue weighted by molar-refractivity contribution is -0.167. The van der Waals surface area contributed by atoms with Gasteiger partial charge in [-0.05, 0) is 103 Å². The van der Waals surface area contributed by atoms with Crippen molar-refractivity contribution in [3.63, 3.8) is 0 Å². The van der Waals surface area contributed by atoms with Crippen LogP contribution >= 0.6 is 0 Å². The average Bonchev–Trinajstić information content (AvgIpc) is 3.45. The molecule has 0 saturated carbocycles. The molecule has 0 aliphatic rings. The second-order valence-corrected chi connectivity index (χ2v) is 22.4. The molecule has 1 unspecified atom stereocenters. The van der Waals surface area contributed by atoms with Crippen LogP contribution in [0.2, 0.25) is 0 Å². The van der Waals surface area contributed by atoms with Crippen LogP contribution in [-0.4, -0.2) is 37.2 Å². The Balaban J connectivity index is 3.98. The van der Waals surface area contributed by atoms with E-state index in [1.54, 1.807) is 0 Å². The van der Waals surface area contributed by atoms with Crippen molar-refractivity contribution in [3.05, 3.63) is 97.2 Å². The van der Waals surface area contributed by atoms with Crippen molar-refractivity contribution in [3.8, 4) is 0 Å². The van der Waals surface area contributed by atoms with Gasteiger partial charge in [0, 0.05) is 19.3 Å². The van der Waals surface area contributed by atoms with Crippen LogP contribution in [0.1, 0.15) is 329 Å². The molecule has 454 valence electrons. The smallest absolute Gasteiger partial charge is 0.306 e. The predicted molar refractivity (Wildman–Crippen MR) is 344 cm³/mol. The highest BCUT2D eigenvalue weighted by molar-refractivity contribution is 5.71. The summed E-state index contributed by atoms with van der Waals surface area (Å²) in [6.07, 6.45) is 90.5.